The number of carbonyl (C=O) groups is 1. The molecule has 1 aromatic carbocycles. The van der Waals surface area contributed by atoms with Gasteiger partial charge in [0.1, 0.15) is 5.60 Å². The summed E-state index contributed by atoms with van der Waals surface area (Å²) in [6, 6.07) is 9.73. The van der Waals surface area contributed by atoms with Crippen LogP contribution in [0.3, 0.4) is 0 Å². The highest BCUT2D eigenvalue weighted by Gasteiger charge is 2.44. The Balaban J connectivity index is 3.62. The lowest BCUT2D eigenvalue weighted by Crippen LogP contribution is -2.56. The van der Waals surface area contributed by atoms with Crippen LogP contribution in [-0.2, 0) is 20.1 Å². The number of nitrogens with zero attached hydrogens (tertiary/aromatic N) is 1. The van der Waals surface area contributed by atoms with Crippen LogP contribution in [0.15, 0.2) is 43.0 Å². The average Bonchev–Trinajstić information content (AvgIpc) is 2.70. The van der Waals surface area contributed by atoms with Gasteiger partial charge in [-0.15, -0.1) is 6.58 Å². The third-order valence-electron chi connectivity index (χ3n) is 7.73. The second kappa shape index (κ2) is 12.6. The Morgan fingerprint density at radius 1 is 0.919 bits per heavy atom. The first-order chi connectivity index (χ1) is 16.6. The molecule has 0 aliphatic carbocycles. The molecule has 7 heteroatoms. The van der Waals surface area contributed by atoms with Gasteiger partial charge in [0.2, 0.25) is 0 Å². The molecule has 1 aromatic rings. The molecule has 0 bridgehead atoms. The van der Waals surface area contributed by atoms with Gasteiger partial charge in [-0.25, -0.2) is 4.79 Å². The van der Waals surface area contributed by atoms with Crippen LogP contribution < -0.4 is 0 Å². The van der Waals surface area contributed by atoms with Gasteiger partial charge < -0.3 is 13.6 Å². The number of rotatable bonds is 11. The fourth-order valence-electron chi connectivity index (χ4n) is 3.33. The highest BCUT2D eigenvalue weighted by Crippen LogP contribution is 2.40. The van der Waals surface area contributed by atoms with E-state index in [2.05, 4.69) is 74.3 Å². The quantitative estimate of drug-likeness (QED) is 0.204. The van der Waals surface area contributed by atoms with Crippen LogP contribution in [0.1, 0.15) is 74.3 Å². The van der Waals surface area contributed by atoms with Gasteiger partial charge >= 0.3 is 6.09 Å². The minimum absolute atomic E-state index is 0.0213. The lowest BCUT2D eigenvalue weighted by Gasteiger charge is -2.45. The zero-order valence-corrected chi connectivity index (χ0v) is 28.0. The molecule has 2 atom stereocenters. The molecule has 1 rings (SSSR count). The summed E-state index contributed by atoms with van der Waals surface area (Å²) < 4.78 is 19.7. The maximum atomic E-state index is 13.8. The van der Waals surface area contributed by atoms with Gasteiger partial charge in [-0.3, -0.25) is 4.90 Å². The van der Waals surface area contributed by atoms with E-state index in [-0.39, 0.29) is 28.3 Å². The smallest absolute Gasteiger partial charge is 0.411 e. The van der Waals surface area contributed by atoms with Crippen LogP contribution in [0.2, 0.25) is 36.3 Å². The van der Waals surface area contributed by atoms with Crippen molar-refractivity contribution in [2.24, 2.45) is 0 Å². The maximum Gasteiger partial charge on any atom is 0.411 e. The minimum atomic E-state index is -2.17. The van der Waals surface area contributed by atoms with E-state index in [0.717, 1.165) is 5.56 Å². The first kappa shape index (κ1) is 33.6. The highest BCUT2D eigenvalue weighted by atomic mass is 28.4. The molecule has 0 aromatic heterocycles. The van der Waals surface area contributed by atoms with Crippen molar-refractivity contribution in [2.75, 3.05) is 6.61 Å². The van der Waals surface area contributed by atoms with Crippen LogP contribution in [0, 0.1) is 0 Å². The van der Waals surface area contributed by atoms with Crippen molar-refractivity contribution in [1.29, 1.82) is 0 Å². The zero-order chi connectivity index (χ0) is 28.9. The molecule has 5 nitrogen and oxygen atoms in total. The number of amides is 1. The molecule has 212 valence electrons. The predicted molar refractivity (Wildman–Crippen MR) is 162 cm³/mol. The predicted octanol–water partition coefficient (Wildman–Crippen LogP) is 8.78. The third-order valence-corrected chi connectivity index (χ3v) is 16.7. The van der Waals surface area contributed by atoms with Crippen molar-refractivity contribution < 1.29 is 18.4 Å². The topological polar surface area (TPSA) is 48.0 Å². The number of hydrogen-bond acceptors (Lipinski definition) is 4. The van der Waals surface area contributed by atoms with Crippen molar-refractivity contribution in [1.82, 2.24) is 4.90 Å². The summed E-state index contributed by atoms with van der Waals surface area (Å²) >= 11 is 0. The van der Waals surface area contributed by atoms with Gasteiger partial charge in [0, 0.05) is 6.54 Å². The van der Waals surface area contributed by atoms with Gasteiger partial charge in [0.25, 0.3) is 0 Å². The molecule has 0 aliphatic heterocycles. The third kappa shape index (κ3) is 10.3. The van der Waals surface area contributed by atoms with E-state index in [0.29, 0.717) is 19.6 Å². The second-order valence-corrected chi connectivity index (χ2v) is 23.7. The normalized spacial score (nSPS) is 15.2. The van der Waals surface area contributed by atoms with Gasteiger partial charge in [0.05, 0.1) is 18.8 Å². The van der Waals surface area contributed by atoms with Crippen molar-refractivity contribution in [3.63, 3.8) is 0 Å². The van der Waals surface area contributed by atoms with Crippen molar-refractivity contribution in [3.05, 3.63) is 48.6 Å². The number of carbonyl (C=O) groups excluding carboxylic acids is 1. The lowest BCUT2D eigenvalue weighted by molar-refractivity contribution is -0.0171. The molecule has 0 radical (unpaired) electrons. The fraction of sp³-hybridized carbons (Fsp3) is 0.700. The molecule has 0 heterocycles. The average molecular weight is 550 g/mol. The molecule has 37 heavy (non-hydrogen) atoms. The number of benzene rings is 1. The van der Waals surface area contributed by atoms with E-state index in [4.69, 9.17) is 13.6 Å². The van der Waals surface area contributed by atoms with Crippen LogP contribution in [0.25, 0.3) is 0 Å². The first-order valence-electron chi connectivity index (χ1n) is 13.6. The van der Waals surface area contributed by atoms with E-state index in [1.54, 1.807) is 0 Å². The first-order valence-corrected chi connectivity index (χ1v) is 19.4. The van der Waals surface area contributed by atoms with E-state index in [1.807, 2.05) is 62.1 Å². The summed E-state index contributed by atoms with van der Waals surface area (Å²) in [7, 11) is -4.27. The Bertz CT molecular complexity index is 864. The summed E-state index contributed by atoms with van der Waals surface area (Å²) in [5.41, 5.74) is 0.417. The van der Waals surface area contributed by atoms with Crippen molar-refractivity contribution >= 4 is 22.7 Å². The highest BCUT2D eigenvalue weighted by molar-refractivity contribution is 6.74. The summed E-state index contributed by atoms with van der Waals surface area (Å²) in [4.78, 5) is 15.6. The van der Waals surface area contributed by atoms with Crippen LogP contribution in [0.4, 0.5) is 4.79 Å². The zero-order valence-electron chi connectivity index (χ0n) is 26.0. The Hall–Kier alpha value is -1.42. The molecule has 0 spiro atoms. The van der Waals surface area contributed by atoms with E-state index < -0.39 is 22.2 Å². The SMILES string of the molecule is C=CC[C@H](O[Si](C)(C)C(C)(C)C)[C@@H](CO[Si](C)(C)C(C)(C)C)N(Cc1ccccc1)C(=O)OC(C)(C)C. The van der Waals surface area contributed by atoms with Gasteiger partial charge in [-0.05, 0) is 69.0 Å². The molecule has 0 saturated heterocycles. The summed E-state index contributed by atoms with van der Waals surface area (Å²) in [5, 5.41) is 0.0649. The van der Waals surface area contributed by atoms with Gasteiger partial charge in [0.15, 0.2) is 16.6 Å². The van der Waals surface area contributed by atoms with Crippen molar-refractivity contribution in [2.45, 2.75) is 129 Å². The van der Waals surface area contributed by atoms with Crippen LogP contribution in [-0.4, -0.2) is 52.0 Å². The molecular formula is C30H55NO4Si2. The summed E-state index contributed by atoms with van der Waals surface area (Å²) in [6.45, 7) is 33.0. The van der Waals surface area contributed by atoms with Gasteiger partial charge in [-0.1, -0.05) is 78.0 Å². The Kier molecular flexibility index (Phi) is 11.5. The number of ether oxygens (including phenoxy) is 1. The number of hydrogen-bond donors (Lipinski definition) is 0. The Labute approximate surface area is 230 Å². The van der Waals surface area contributed by atoms with Crippen LogP contribution in [0.5, 0.6) is 0 Å². The molecule has 0 fully saturated rings. The molecule has 0 aliphatic rings. The summed E-state index contributed by atoms with van der Waals surface area (Å²) in [5.74, 6) is 0. The minimum Gasteiger partial charge on any atom is -0.444 e. The Morgan fingerprint density at radius 3 is 1.86 bits per heavy atom. The molecular weight excluding hydrogens is 495 g/mol. The van der Waals surface area contributed by atoms with E-state index >= 15 is 0 Å². The molecule has 0 N–H and O–H groups in total. The fourth-order valence-corrected chi connectivity index (χ4v) is 5.71. The summed E-state index contributed by atoms with van der Waals surface area (Å²) in [6.07, 6.45) is 1.89. The standard InChI is InChI=1S/C30H55NO4Si2/c1-15-19-26(35-37(13,14)30(8,9)10)25(23-33-36(11,12)29(5,6)7)31(27(32)34-28(2,3)4)22-24-20-17-16-18-21-24/h15-18,20-21,25-26H,1,19,22-23H2,2-14H3/t25-,26+/m1/s1. The lowest BCUT2D eigenvalue weighted by atomic mass is 10.1. The van der Waals surface area contributed by atoms with Crippen LogP contribution >= 0.6 is 0 Å². The molecule has 1 amide bonds. The van der Waals surface area contributed by atoms with E-state index in [1.165, 1.54) is 0 Å². The van der Waals surface area contributed by atoms with Crippen molar-refractivity contribution in [3.8, 4) is 0 Å². The maximum absolute atomic E-state index is 13.8. The Morgan fingerprint density at radius 2 is 1.43 bits per heavy atom. The monoisotopic (exact) mass is 549 g/mol. The molecule has 0 saturated carbocycles. The second-order valence-electron chi connectivity index (χ2n) is 14.2. The molecule has 0 unspecified atom stereocenters. The van der Waals surface area contributed by atoms with E-state index in [9.17, 15) is 4.79 Å². The largest absolute Gasteiger partial charge is 0.444 e. The van der Waals surface area contributed by atoms with Gasteiger partial charge in [-0.2, -0.15) is 0 Å².